The summed E-state index contributed by atoms with van der Waals surface area (Å²) < 4.78 is 49.0. The highest BCUT2D eigenvalue weighted by molar-refractivity contribution is 7.83. The van der Waals surface area contributed by atoms with Crippen molar-refractivity contribution in [1.29, 1.82) is 0 Å². The first-order valence-electron chi connectivity index (χ1n) is 10.2. The minimum atomic E-state index is -2.71. The molecule has 1 atom stereocenters. The van der Waals surface area contributed by atoms with Crippen molar-refractivity contribution >= 4 is 33.5 Å². The normalized spacial score (nSPS) is 22.1. The number of ether oxygens (including phenoxy) is 1. The zero-order valence-electron chi connectivity index (χ0n) is 16.8. The maximum atomic E-state index is 13.0. The number of nitrogens with zero attached hydrogens (tertiary/aromatic N) is 5. The van der Waals surface area contributed by atoms with Crippen LogP contribution in [0, 0.1) is 5.41 Å². The SMILES string of the molecule is O=S(NC1(O)CC1)c1cc(N2CCC3(COC3)C2)c2cnc(-c3nnc(C(F)F)s3)n2c1. The van der Waals surface area contributed by atoms with Crippen LogP contribution in [0.4, 0.5) is 14.5 Å². The Balaban J connectivity index is 1.44. The van der Waals surface area contributed by atoms with Gasteiger partial charge in [-0.1, -0.05) is 11.3 Å². The largest absolute Gasteiger partial charge is 0.380 e. The summed E-state index contributed by atoms with van der Waals surface area (Å²) >= 11 is 0.781. The summed E-state index contributed by atoms with van der Waals surface area (Å²) in [7, 11) is -1.67. The fourth-order valence-electron chi connectivity index (χ4n) is 4.20. The lowest BCUT2D eigenvalue weighted by Crippen LogP contribution is -2.44. The third kappa shape index (κ3) is 3.43. The van der Waals surface area contributed by atoms with Crippen LogP contribution in [0.25, 0.3) is 16.3 Å². The van der Waals surface area contributed by atoms with E-state index >= 15 is 0 Å². The first-order valence-corrected chi connectivity index (χ1v) is 12.2. The molecule has 5 heterocycles. The summed E-state index contributed by atoms with van der Waals surface area (Å²) in [6.07, 6.45) is 2.70. The van der Waals surface area contributed by atoms with Gasteiger partial charge in [0.05, 0.1) is 35.5 Å². The van der Waals surface area contributed by atoms with Gasteiger partial charge in [-0.2, -0.15) is 0 Å². The Morgan fingerprint density at radius 2 is 2.09 bits per heavy atom. The number of halogens is 2. The molecule has 3 aromatic heterocycles. The highest BCUT2D eigenvalue weighted by atomic mass is 32.2. The van der Waals surface area contributed by atoms with Crippen molar-refractivity contribution in [2.45, 2.75) is 36.3 Å². The standard InChI is InChI=1S/C19H20F2N6O3S2/c20-14(21)16-23-24-17(31-16)15-22-6-13-12(26-4-3-18(8-26)9-30-10-18)5-11(7-27(13)15)32(29)25-19(28)1-2-19/h5-7,14,25,28H,1-4,8-10H2. The molecule has 1 saturated carbocycles. The number of pyridine rings is 1. The number of aliphatic hydroxyl groups is 1. The number of anilines is 1. The molecule has 13 heteroatoms. The van der Waals surface area contributed by atoms with Crippen LogP contribution in [0.2, 0.25) is 0 Å². The van der Waals surface area contributed by atoms with Crippen molar-refractivity contribution in [3.8, 4) is 10.8 Å². The monoisotopic (exact) mass is 482 g/mol. The molecule has 3 aliphatic rings. The maximum Gasteiger partial charge on any atom is 0.291 e. The number of hydrogen-bond acceptors (Lipinski definition) is 8. The molecular formula is C19H20F2N6O3S2. The molecule has 1 spiro atoms. The molecule has 2 saturated heterocycles. The summed E-state index contributed by atoms with van der Waals surface area (Å²) in [5, 5.41) is 17.5. The smallest absolute Gasteiger partial charge is 0.291 e. The molecule has 1 aliphatic carbocycles. The van der Waals surface area contributed by atoms with Crippen molar-refractivity contribution in [2.24, 2.45) is 5.41 Å². The lowest BCUT2D eigenvalue weighted by atomic mass is 9.85. The van der Waals surface area contributed by atoms with E-state index in [1.165, 1.54) is 0 Å². The van der Waals surface area contributed by atoms with E-state index in [0.29, 0.717) is 23.6 Å². The van der Waals surface area contributed by atoms with Crippen LogP contribution >= 0.6 is 11.3 Å². The molecule has 0 amide bonds. The van der Waals surface area contributed by atoms with Crippen molar-refractivity contribution in [3.63, 3.8) is 0 Å². The molecule has 170 valence electrons. The number of imidazole rings is 1. The third-order valence-electron chi connectivity index (χ3n) is 6.23. The Hall–Kier alpha value is -2.06. The van der Waals surface area contributed by atoms with Gasteiger partial charge < -0.3 is 14.7 Å². The van der Waals surface area contributed by atoms with E-state index in [1.54, 1.807) is 16.8 Å². The van der Waals surface area contributed by atoms with Crippen LogP contribution in [-0.2, 0) is 15.7 Å². The number of alkyl halides is 2. The molecule has 6 rings (SSSR count). The van der Waals surface area contributed by atoms with Crippen LogP contribution in [0.5, 0.6) is 0 Å². The topological polar surface area (TPSA) is 105 Å². The van der Waals surface area contributed by atoms with Crippen molar-refractivity contribution < 1.29 is 22.8 Å². The Morgan fingerprint density at radius 1 is 1.28 bits per heavy atom. The van der Waals surface area contributed by atoms with Gasteiger partial charge in [0, 0.05) is 24.7 Å². The van der Waals surface area contributed by atoms with Gasteiger partial charge in [-0.05, 0) is 25.3 Å². The first-order chi connectivity index (χ1) is 15.3. The average molecular weight is 483 g/mol. The fourth-order valence-corrected chi connectivity index (χ4v) is 5.98. The number of hydrogen-bond donors (Lipinski definition) is 2. The lowest BCUT2D eigenvalue weighted by molar-refractivity contribution is -0.0985. The highest BCUT2D eigenvalue weighted by Crippen LogP contribution is 2.42. The second kappa shape index (κ2) is 7.22. The van der Waals surface area contributed by atoms with Gasteiger partial charge >= 0.3 is 0 Å². The Morgan fingerprint density at radius 3 is 2.72 bits per heavy atom. The average Bonchev–Trinajstić information content (AvgIpc) is 3.20. The molecule has 9 nitrogen and oxygen atoms in total. The Kier molecular flexibility index (Phi) is 4.63. The van der Waals surface area contributed by atoms with Gasteiger partial charge in [0.25, 0.3) is 6.43 Å². The third-order valence-corrected chi connectivity index (χ3v) is 8.37. The van der Waals surface area contributed by atoms with Crippen LogP contribution in [0.3, 0.4) is 0 Å². The summed E-state index contributed by atoms with van der Waals surface area (Å²) in [5.41, 5.74) is 0.643. The first kappa shape index (κ1) is 20.5. The maximum absolute atomic E-state index is 13.0. The molecule has 2 aliphatic heterocycles. The van der Waals surface area contributed by atoms with Gasteiger partial charge in [-0.25, -0.2) is 22.7 Å². The van der Waals surface area contributed by atoms with Crippen LogP contribution < -0.4 is 9.62 Å². The van der Waals surface area contributed by atoms with Crippen LogP contribution in [0.1, 0.15) is 30.7 Å². The molecule has 2 N–H and O–H groups in total. The Bertz CT molecular complexity index is 1220. The van der Waals surface area contributed by atoms with E-state index in [0.717, 1.165) is 55.3 Å². The molecule has 1 unspecified atom stereocenters. The van der Waals surface area contributed by atoms with Gasteiger partial charge in [0.1, 0.15) is 16.7 Å². The van der Waals surface area contributed by atoms with E-state index < -0.39 is 23.1 Å². The van der Waals surface area contributed by atoms with Crippen LogP contribution in [0.15, 0.2) is 23.4 Å². The van der Waals surface area contributed by atoms with Crippen molar-refractivity contribution in [3.05, 3.63) is 23.5 Å². The summed E-state index contributed by atoms with van der Waals surface area (Å²) in [6.45, 7) is 3.09. The number of fused-ring (bicyclic) bond motifs is 1. The summed E-state index contributed by atoms with van der Waals surface area (Å²) in [6, 6.07) is 1.85. The zero-order chi connectivity index (χ0) is 22.1. The highest BCUT2D eigenvalue weighted by Gasteiger charge is 2.45. The molecule has 3 fully saturated rings. The summed E-state index contributed by atoms with van der Waals surface area (Å²) in [5.74, 6) is 0.357. The van der Waals surface area contributed by atoms with E-state index in [2.05, 4.69) is 24.8 Å². The number of rotatable bonds is 6. The summed E-state index contributed by atoms with van der Waals surface area (Å²) in [4.78, 5) is 7.11. The van der Waals surface area contributed by atoms with Gasteiger partial charge in [0.2, 0.25) is 0 Å². The predicted octanol–water partition coefficient (Wildman–Crippen LogP) is 2.11. The minimum absolute atomic E-state index is 0.141. The molecule has 32 heavy (non-hydrogen) atoms. The van der Waals surface area contributed by atoms with E-state index in [-0.39, 0.29) is 15.4 Å². The van der Waals surface area contributed by atoms with Crippen LogP contribution in [-0.4, -0.2) is 60.9 Å². The van der Waals surface area contributed by atoms with Crippen molar-refractivity contribution in [1.82, 2.24) is 24.3 Å². The second-order valence-corrected chi connectivity index (χ2v) is 10.9. The Labute approximate surface area is 188 Å². The molecular weight excluding hydrogens is 462 g/mol. The van der Waals surface area contributed by atoms with Gasteiger partial charge in [-0.3, -0.25) is 4.40 Å². The second-order valence-electron chi connectivity index (χ2n) is 8.71. The van der Waals surface area contributed by atoms with E-state index in [9.17, 15) is 18.1 Å². The molecule has 0 radical (unpaired) electrons. The number of aromatic nitrogens is 4. The molecule has 0 aromatic carbocycles. The van der Waals surface area contributed by atoms with Gasteiger partial charge in [-0.15, -0.1) is 10.2 Å². The number of nitrogens with one attached hydrogen (secondary N) is 1. The quantitative estimate of drug-likeness (QED) is 0.519. The minimum Gasteiger partial charge on any atom is -0.380 e. The van der Waals surface area contributed by atoms with E-state index in [1.807, 2.05) is 6.07 Å². The molecule has 3 aromatic rings. The zero-order valence-corrected chi connectivity index (χ0v) is 18.5. The van der Waals surface area contributed by atoms with Crippen molar-refractivity contribution in [2.75, 3.05) is 31.2 Å². The predicted molar refractivity (Wildman–Crippen MR) is 113 cm³/mol. The van der Waals surface area contributed by atoms with Gasteiger partial charge in [0.15, 0.2) is 15.8 Å². The molecule has 0 bridgehead atoms. The fraction of sp³-hybridized carbons (Fsp3) is 0.526. The van der Waals surface area contributed by atoms with E-state index in [4.69, 9.17) is 4.74 Å². The lowest BCUT2D eigenvalue weighted by Gasteiger charge is -2.38.